The van der Waals surface area contributed by atoms with Gasteiger partial charge in [0.05, 0.1) is 5.54 Å². The summed E-state index contributed by atoms with van der Waals surface area (Å²) in [5.41, 5.74) is 5.64. The van der Waals surface area contributed by atoms with Crippen molar-refractivity contribution in [3.8, 4) is 0 Å². The van der Waals surface area contributed by atoms with Crippen molar-refractivity contribution < 1.29 is 4.79 Å². The standard InChI is InChI=1S/C13H25NO/c1-12(2)7-5-10(6-8-12)9-11(15)13(3,4)14/h10H,5-9,14H2,1-4H3. The van der Waals surface area contributed by atoms with Gasteiger partial charge in [-0.25, -0.2) is 0 Å². The minimum Gasteiger partial charge on any atom is -0.319 e. The summed E-state index contributed by atoms with van der Waals surface area (Å²) in [6.07, 6.45) is 5.55. The molecule has 0 aromatic rings. The maximum absolute atomic E-state index is 11.8. The van der Waals surface area contributed by atoms with Gasteiger partial charge in [-0.1, -0.05) is 13.8 Å². The molecule has 15 heavy (non-hydrogen) atoms. The minimum atomic E-state index is -0.646. The van der Waals surface area contributed by atoms with Crippen LogP contribution in [0.5, 0.6) is 0 Å². The number of ketones is 1. The average molecular weight is 211 g/mol. The van der Waals surface area contributed by atoms with E-state index in [1.165, 1.54) is 25.7 Å². The maximum Gasteiger partial charge on any atom is 0.152 e. The Morgan fingerprint density at radius 3 is 2.20 bits per heavy atom. The van der Waals surface area contributed by atoms with Gasteiger partial charge in [-0.3, -0.25) is 4.79 Å². The molecule has 1 saturated carbocycles. The van der Waals surface area contributed by atoms with Crippen molar-refractivity contribution in [2.45, 2.75) is 65.3 Å². The van der Waals surface area contributed by atoms with Crippen molar-refractivity contribution in [3.63, 3.8) is 0 Å². The number of nitrogens with two attached hydrogens (primary N) is 1. The number of carbonyl (C=O) groups is 1. The van der Waals surface area contributed by atoms with E-state index in [9.17, 15) is 4.79 Å². The third-order valence-corrected chi connectivity index (χ3v) is 3.65. The normalized spacial score (nSPS) is 22.7. The van der Waals surface area contributed by atoms with Gasteiger partial charge in [-0.2, -0.15) is 0 Å². The second-order valence-corrected chi connectivity index (χ2v) is 6.46. The van der Waals surface area contributed by atoms with E-state index in [1.54, 1.807) is 0 Å². The molecule has 2 nitrogen and oxygen atoms in total. The van der Waals surface area contributed by atoms with E-state index < -0.39 is 5.54 Å². The number of hydrogen-bond acceptors (Lipinski definition) is 2. The van der Waals surface area contributed by atoms with Crippen molar-refractivity contribution >= 4 is 5.78 Å². The summed E-state index contributed by atoms with van der Waals surface area (Å²) in [5, 5.41) is 0. The first-order valence-electron chi connectivity index (χ1n) is 6.03. The van der Waals surface area contributed by atoms with Crippen LogP contribution in [-0.2, 0) is 4.79 Å². The summed E-state index contributed by atoms with van der Waals surface area (Å²) in [5.74, 6) is 0.792. The first-order valence-corrected chi connectivity index (χ1v) is 6.03. The van der Waals surface area contributed by atoms with Crippen LogP contribution in [0.25, 0.3) is 0 Å². The lowest BCUT2D eigenvalue weighted by Gasteiger charge is -2.34. The lowest BCUT2D eigenvalue weighted by molar-refractivity contribution is -0.124. The van der Waals surface area contributed by atoms with Gasteiger partial charge in [0.15, 0.2) is 5.78 Å². The first-order chi connectivity index (χ1) is 6.71. The van der Waals surface area contributed by atoms with Crippen molar-refractivity contribution in [1.29, 1.82) is 0 Å². The van der Waals surface area contributed by atoms with Gasteiger partial charge in [0.25, 0.3) is 0 Å². The third-order valence-electron chi connectivity index (χ3n) is 3.65. The van der Waals surface area contributed by atoms with Crippen LogP contribution in [0.15, 0.2) is 0 Å². The molecular weight excluding hydrogens is 186 g/mol. The molecular formula is C13H25NO. The lowest BCUT2D eigenvalue weighted by atomic mass is 9.71. The maximum atomic E-state index is 11.8. The number of carbonyl (C=O) groups excluding carboxylic acids is 1. The van der Waals surface area contributed by atoms with Crippen molar-refractivity contribution in [1.82, 2.24) is 0 Å². The molecule has 1 rings (SSSR count). The molecule has 0 aromatic carbocycles. The van der Waals surface area contributed by atoms with Gasteiger partial charge >= 0.3 is 0 Å². The largest absolute Gasteiger partial charge is 0.319 e. The number of hydrogen-bond donors (Lipinski definition) is 1. The van der Waals surface area contributed by atoms with Gasteiger partial charge in [0, 0.05) is 6.42 Å². The Bertz CT molecular complexity index is 227. The molecule has 0 aromatic heterocycles. The fourth-order valence-electron chi connectivity index (χ4n) is 2.19. The molecule has 0 unspecified atom stereocenters. The van der Waals surface area contributed by atoms with Crippen molar-refractivity contribution in [2.75, 3.05) is 0 Å². The summed E-state index contributed by atoms with van der Waals surface area (Å²) in [6.45, 7) is 8.25. The summed E-state index contributed by atoms with van der Waals surface area (Å²) >= 11 is 0. The van der Waals surface area contributed by atoms with E-state index in [4.69, 9.17) is 5.73 Å². The Labute approximate surface area is 93.6 Å². The lowest BCUT2D eigenvalue weighted by Crippen LogP contribution is -2.42. The smallest absolute Gasteiger partial charge is 0.152 e. The fourth-order valence-corrected chi connectivity index (χ4v) is 2.19. The summed E-state index contributed by atoms with van der Waals surface area (Å²) in [4.78, 5) is 11.8. The second kappa shape index (κ2) is 4.25. The van der Waals surface area contributed by atoms with Crippen LogP contribution in [0.2, 0.25) is 0 Å². The molecule has 0 radical (unpaired) electrons. The highest BCUT2D eigenvalue weighted by Gasteiger charge is 2.30. The van der Waals surface area contributed by atoms with E-state index in [1.807, 2.05) is 13.8 Å². The summed E-state index contributed by atoms with van der Waals surface area (Å²) in [6, 6.07) is 0. The molecule has 2 N–H and O–H groups in total. The molecule has 0 heterocycles. The highest BCUT2D eigenvalue weighted by molar-refractivity contribution is 5.87. The van der Waals surface area contributed by atoms with Crippen molar-refractivity contribution in [3.05, 3.63) is 0 Å². The van der Waals surface area contributed by atoms with Gasteiger partial charge in [-0.05, 0) is 50.9 Å². The molecule has 0 aliphatic heterocycles. The van der Waals surface area contributed by atoms with Crippen LogP contribution < -0.4 is 5.73 Å². The van der Waals surface area contributed by atoms with Crippen LogP contribution in [0, 0.1) is 11.3 Å². The predicted molar refractivity (Wildman–Crippen MR) is 63.6 cm³/mol. The Morgan fingerprint density at radius 2 is 1.80 bits per heavy atom. The quantitative estimate of drug-likeness (QED) is 0.780. The Hall–Kier alpha value is -0.370. The molecule has 0 saturated heterocycles. The summed E-state index contributed by atoms with van der Waals surface area (Å²) in [7, 11) is 0. The van der Waals surface area contributed by atoms with Crippen LogP contribution in [0.3, 0.4) is 0 Å². The van der Waals surface area contributed by atoms with Gasteiger partial charge in [0.1, 0.15) is 0 Å². The zero-order chi connectivity index (χ0) is 11.7. The molecule has 0 spiro atoms. The van der Waals surface area contributed by atoms with Crippen molar-refractivity contribution in [2.24, 2.45) is 17.1 Å². The number of Topliss-reactive ketones (excluding diaryl/α,β-unsaturated/α-hetero) is 1. The van der Waals surface area contributed by atoms with E-state index in [2.05, 4.69) is 13.8 Å². The zero-order valence-corrected chi connectivity index (χ0v) is 10.6. The number of rotatable bonds is 3. The van der Waals surface area contributed by atoms with E-state index in [0.29, 0.717) is 17.8 Å². The molecule has 0 amide bonds. The molecule has 1 aliphatic carbocycles. The SMILES string of the molecule is CC1(C)CCC(CC(=O)C(C)(C)N)CC1. The Morgan fingerprint density at radius 1 is 1.33 bits per heavy atom. The molecule has 88 valence electrons. The first kappa shape index (κ1) is 12.7. The van der Waals surface area contributed by atoms with Crippen LogP contribution >= 0.6 is 0 Å². The third kappa shape index (κ3) is 3.94. The molecule has 0 bridgehead atoms. The van der Waals surface area contributed by atoms with Gasteiger partial charge in [-0.15, -0.1) is 0 Å². The van der Waals surface area contributed by atoms with E-state index in [-0.39, 0.29) is 5.78 Å². The van der Waals surface area contributed by atoms with Crippen LogP contribution in [0.1, 0.15) is 59.8 Å². The second-order valence-electron chi connectivity index (χ2n) is 6.46. The van der Waals surface area contributed by atoms with E-state index >= 15 is 0 Å². The molecule has 1 aliphatic rings. The van der Waals surface area contributed by atoms with Gasteiger partial charge in [0.2, 0.25) is 0 Å². The van der Waals surface area contributed by atoms with E-state index in [0.717, 1.165) is 0 Å². The summed E-state index contributed by atoms with van der Waals surface area (Å²) < 4.78 is 0. The highest BCUT2D eigenvalue weighted by Crippen LogP contribution is 2.39. The molecule has 1 fully saturated rings. The molecule has 0 atom stereocenters. The van der Waals surface area contributed by atoms with Crippen LogP contribution in [0.4, 0.5) is 0 Å². The highest BCUT2D eigenvalue weighted by atomic mass is 16.1. The minimum absolute atomic E-state index is 0.215. The zero-order valence-electron chi connectivity index (χ0n) is 10.6. The van der Waals surface area contributed by atoms with Crippen LogP contribution in [-0.4, -0.2) is 11.3 Å². The Balaban J connectivity index is 2.40. The molecule has 2 heteroatoms. The predicted octanol–water partition coefficient (Wildman–Crippen LogP) is 2.90. The fraction of sp³-hybridized carbons (Fsp3) is 0.923. The Kier molecular flexibility index (Phi) is 3.59. The monoisotopic (exact) mass is 211 g/mol. The topological polar surface area (TPSA) is 43.1 Å². The average Bonchev–Trinajstić information content (AvgIpc) is 2.07. The van der Waals surface area contributed by atoms with Gasteiger partial charge < -0.3 is 5.73 Å².